The van der Waals surface area contributed by atoms with Gasteiger partial charge in [0, 0.05) is 11.1 Å². The van der Waals surface area contributed by atoms with Crippen molar-refractivity contribution in [2.24, 2.45) is 5.84 Å². The van der Waals surface area contributed by atoms with Gasteiger partial charge in [-0.25, -0.2) is 9.82 Å². The molecule has 0 spiro atoms. The average Bonchev–Trinajstić information content (AvgIpc) is 2.79. The third-order valence-corrected chi connectivity index (χ3v) is 2.58. The van der Waals surface area contributed by atoms with Gasteiger partial charge in [0.2, 0.25) is 0 Å². The molecule has 0 aliphatic rings. The lowest BCUT2D eigenvalue weighted by Gasteiger charge is -2.16. The molecule has 0 amide bonds. The van der Waals surface area contributed by atoms with Gasteiger partial charge in [0.25, 0.3) is 0 Å². The van der Waals surface area contributed by atoms with E-state index < -0.39 is 6.04 Å². The minimum atomic E-state index is -0.390. The van der Waals surface area contributed by atoms with Crippen molar-refractivity contribution in [2.75, 3.05) is 0 Å². The zero-order valence-corrected chi connectivity index (χ0v) is 8.91. The van der Waals surface area contributed by atoms with E-state index in [0.29, 0.717) is 11.1 Å². The summed E-state index contributed by atoms with van der Waals surface area (Å²) in [6.07, 6.45) is 3.08. The zero-order valence-electron chi connectivity index (χ0n) is 8.91. The molecule has 1 aromatic heterocycles. The minimum absolute atomic E-state index is 0.244. The maximum atomic E-state index is 13.9. The van der Waals surface area contributed by atoms with Crippen LogP contribution in [0.1, 0.15) is 22.7 Å². The van der Waals surface area contributed by atoms with Gasteiger partial charge in [0.15, 0.2) is 0 Å². The number of nitrogens with one attached hydrogen (secondary N) is 1. The van der Waals surface area contributed by atoms with E-state index in [1.807, 2.05) is 0 Å². The summed E-state index contributed by atoms with van der Waals surface area (Å²) < 4.78 is 18.9. The number of aryl methyl sites for hydroxylation is 1. The van der Waals surface area contributed by atoms with E-state index in [0.717, 1.165) is 5.56 Å². The molecule has 0 radical (unpaired) electrons. The second-order valence-electron chi connectivity index (χ2n) is 3.63. The van der Waals surface area contributed by atoms with Gasteiger partial charge < -0.3 is 4.42 Å². The largest absolute Gasteiger partial charge is 0.472 e. The molecule has 0 saturated carbocycles. The molecule has 1 heterocycles. The summed E-state index contributed by atoms with van der Waals surface area (Å²) >= 11 is 0. The minimum Gasteiger partial charge on any atom is -0.472 e. The third kappa shape index (κ3) is 1.85. The lowest BCUT2D eigenvalue weighted by Crippen LogP contribution is -2.29. The average molecular weight is 220 g/mol. The van der Waals surface area contributed by atoms with Crippen LogP contribution in [-0.2, 0) is 0 Å². The number of hydrazine groups is 1. The summed E-state index contributed by atoms with van der Waals surface area (Å²) in [5.41, 5.74) is 4.50. The molecular weight excluding hydrogens is 207 g/mol. The van der Waals surface area contributed by atoms with E-state index in [9.17, 15) is 4.39 Å². The molecule has 3 nitrogen and oxygen atoms in total. The van der Waals surface area contributed by atoms with Crippen LogP contribution in [-0.4, -0.2) is 0 Å². The summed E-state index contributed by atoms with van der Waals surface area (Å²) in [6.45, 7) is 1.72. The van der Waals surface area contributed by atoms with Crippen LogP contribution in [0.2, 0.25) is 0 Å². The molecular formula is C12H13FN2O. The van der Waals surface area contributed by atoms with Gasteiger partial charge in [0.05, 0.1) is 18.6 Å². The Morgan fingerprint density at radius 1 is 1.38 bits per heavy atom. The highest BCUT2D eigenvalue weighted by Gasteiger charge is 2.18. The van der Waals surface area contributed by atoms with E-state index >= 15 is 0 Å². The van der Waals surface area contributed by atoms with Gasteiger partial charge in [-0.15, -0.1) is 0 Å². The molecule has 2 rings (SSSR count). The molecule has 4 heteroatoms. The number of nitrogens with two attached hydrogens (primary N) is 1. The molecule has 0 saturated heterocycles. The standard InChI is InChI=1S/C12H13FN2O/c1-8-3-2-4-10(11(8)13)12(15-14)9-5-6-16-7-9/h2-7,12,15H,14H2,1H3. The van der Waals surface area contributed by atoms with Crippen molar-refractivity contribution in [3.63, 3.8) is 0 Å². The number of hydrogen-bond acceptors (Lipinski definition) is 3. The number of rotatable bonds is 3. The Balaban J connectivity index is 2.45. The van der Waals surface area contributed by atoms with E-state index in [4.69, 9.17) is 10.3 Å². The molecule has 1 aromatic carbocycles. The summed E-state index contributed by atoms with van der Waals surface area (Å²) in [6, 6.07) is 6.60. The summed E-state index contributed by atoms with van der Waals surface area (Å²) in [7, 11) is 0. The normalized spacial score (nSPS) is 12.7. The van der Waals surface area contributed by atoms with Gasteiger partial charge >= 0.3 is 0 Å². The molecule has 1 atom stereocenters. The van der Waals surface area contributed by atoms with Crippen LogP contribution in [0.4, 0.5) is 4.39 Å². The van der Waals surface area contributed by atoms with Crippen LogP contribution in [0.3, 0.4) is 0 Å². The van der Waals surface area contributed by atoms with Gasteiger partial charge in [-0.3, -0.25) is 5.84 Å². The van der Waals surface area contributed by atoms with Crippen molar-refractivity contribution >= 4 is 0 Å². The Bertz CT molecular complexity index is 468. The lowest BCUT2D eigenvalue weighted by molar-refractivity contribution is 0.536. The molecule has 0 fully saturated rings. The Hall–Kier alpha value is -1.65. The third-order valence-electron chi connectivity index (χ3n) is 2.58. The number of hydrogen-bond donors (Lipinski definition) is 2. The fourth-order valence-corrected chi connectivity index (χ4v) is 1.70. The highest BCUT2D eigenvalue weighted by atomic mass is 19.1. The Kier molecular flexibility index (Phi) is 3.03. The predicted molar refractivity (Wildman–Crippen MR) is 59.0 cm³/mol. The first-order chi connectivity index (χ1) is 7.74. The van der Waals surface area contributed by atoms with Crippen molar-refractivity contribution in [1.29, 1.82) is 0 Å². The van der Waals surface area contributed by atoms with Crippen LogP contribution in [0.15, 0.2) is 41.2 Å². The number of halogens is 1. The summed E-state index contributed by atoms with van der Waals surface area (Å²) in [5.74, 6) is 5.21. The van der Waals surface area contributed by atoms with Crippen LogP contribution in [0, 0.1) is 12.7 Å². The van der Waals surface area contributed by atoms with Crippen molar-refractivity contribution in [3.8, 4) is 0 Å². The van der Waals surface area contributed by atoms with Gasteiger partial charge in [-0.1, -0.05) is 18.2 Å². The first kappa shape index (κ1) is 10.9. The fraction of sp³-hybridized carbons (Fsp3) is 0.167. The molecule has 0 bridgehead atoms. The van der Waals surface area contributed by atoms with Crippen LogP contribution < -0.4 is 11.3 Å². The molecule has 16 heavy (non-hydrogen) atoms. The molecule has 1 unspecified atom stereocenters. The van der Waals surface area contributed by atoms with Crippen molar-refractivity contribution in [2.45, 2.75) is 13.0 Å². The molecule has 3 N–H and O–H groups in total. The molecule has 84 valence electrons. The SMILES string of the molecule is Cc1cccc(C(NN)c2ccoc2)c1F. The predicted octanol–water partition coefficient (Wildman–Crippen LogP) is 2.28. The van der Waals surface area contributed by atoms with Gasteiger partial charge in [-0.05, 0) is 18.6 Å². The molecule has 0 aliphatic heterocycles. The second-order valence-corrected chi connectivity index (χ2v) is 3.63. The number of benzene rings is 1. The van der Waals surface area contributed by atoms with E-state index in [-0.39, 0.29) is 5.82 Å². The second kappa shape index (κ2) is 4.47. The quantitative estimate of drug-likeness (QED) is 0.616. The van der Waals surface area contributed by atoms with Gasteiger partial charge in [0.1, 0.15) is 5.82 Å². The smallest absolute Gasteiger partial charge is 0.131 e. The Morgan fingerprint density at radius 2 is 2.19 bits per heavy atom. The first-order valence-corrected chi connectivity index (χ1v) is 4.97. The fourth-order valence-electron chi connectivity index (χ4n) is 1.70. The maximum absolute atomic E-state index is 13.9. The Morgan fingerprint density at radius 3 is 2.81 bits per heavy atom. The summed E-state index contributed by atoms with van der Waals surface area (Å²) in [4.78, 5) is 0. The molecule has 0 aliphatic carbocycles. The Labute approximate surface area is 93.0 Å². The highest BCUT2D eigenvalue weighted by Crippen LogP contribution is 2.25. The molecule has 2 aromatic rings. The monoisotopic (exact) mass is 220 g/mol. The topological polar surface area (TPSA) is 51.2 Å². The lowest BCUT2D eigenvalue weighted by atomic mass is 9.99. The van der Waals surface area contributed by atoms with Crippen LogP contribution in [0.25, 0.3) is 0 Å². The zero-order chi connectivity index (χ0) is 11.5. The van der Waals surface area contributed by atoms with E-state index in [1.54, 1.807) is 37.5 Å². The van der Waals surface area contributed by atoms with E-state index in [1.165, 1.54) is 6.26 Å². The summed E-state index contributed by atoms with van der Waals surface area (Å²) in [5, 5.41) is 0. The van der Waals surface area contributed by atoms with E-state index in [2.05, 4.69) is 5.43 Å². The highest BCUT2D eigenvalue weighted by molar-refractivity contribution is 5.33. The van der Waals surface area contributed by atoms with Gasteiger partial charge in [-0.2, -0.15) is 0 Å². The maximum Gasteiger partial charge on any atom is 0.131 e. The first-order valence-electron chi connectivity index (χ1n) is 4.97. The van der Waals surface area contributed by atoms with Crippen LogP contribution >= 0.6 is 0 Å². The van der Waals surface area contributed by atoms with Crippen LogP contribution in [0.5, 0.6) is 0 Å². The van der Waals surface area contributed by atoms with Crippen molar-refractivity contribution < 1.29 is 8.81 Å². The van der Waals surface area contributed by atoms with Crippen molar-refractivity contribution in [3.05, 3.63) is 59.3 Å². The number of furan rings is 1. The van der Waals surface area contributed by atoms with Crippen molar-refractivity contribution in [1.82, 2.24) is 5.43 Å².